The van der Waals surface area contributed by atoms with Gasteiger partial charge in [0.25, 0.3) is 0 Å². The van der Waals surface area contributed by atoms with Gasteiger partial charge in [0.05, 0.1) is 6.61 Å². The van der Waals surface area contributed by atoms with Gasteiger partial charge in [-0.15, -0.1) is 0 Å². The minimum atomic E-state index is 0.285. The highest BCUT2D eigenvalue weighted by Gasteiger charge is 2.21. The average Bonchev–Trinajstić information content (AvgIpc) is 2.52. The highest BCUT2D eigenvalue weighted by atomic mass is 35.5. The van der Waals surface area contributed by atoms with Crippen molar-refractivity contribution in [2.75, 3.05) is 39.3 Å². The van der Waals surface area contributed by atoms with Crippen molar-refractivity contribution >= 4 is 11.6 Å². The van der Waals surface area contributed by atoms with E-state index in [9.17, 15) is 5.11 Å². The van der Waals surface area contributed by atoms with Gasteiger partial charge in [0, 0.05) is 37.2 Å². The molecule has 2 rings (SSSR count). The van der Waals surface area contributed by atoms with Gasteiger partial charge >= 0.3 is 0 Å². The van der Waals surface area contributed by atoms with Gasteiger partial charge in [0.2, 0.25) is 0 Å². The molecule has 1 aromatic carbocycles. The fourth-order valence-electron chi connectivity index (χ4n) is 3.01. The Morgan fingerprint density at radius 1 is 1.14 bits per heavy atom. The molecule has 0 bridgehead atoms. The Labute approximate surface area is 133 Å². The molecule has 118 valence electrons. The molecule has 3 nitrogen and oxygen atoms in total. The Balaban J connectivity index is 1.66. The minimum Gasteiger partial charge on any atom is -0.395 e. The van der Waals surface area contributed by atoms with E-state index in [-0.39, 0.29) is 6.61 Å². The number of piperazine rings is 1. The van der Waals surface area contributed by atoms with Gasteiger partial charge in [-0.05, 0) is 43.5 Å². The molecule has 21 heavy (non-hydrogen) atoms. The van der Waals surface area contributed by atoms with Crippen LogP contribution in [0.1, 0.15) is 25.3 Å². The second-order valence-electron chi connectivity index (χ2n) is 5.85. The molecule has 0 amide bonds. The number of hydrogen-bond donors (Lipinski definition) is 1. The van der Waals surface area contributed by atoms with E-state index in [1.54, 1.807) is 0 Å². The monoisotopic (exact) mass is 310 g/mol. The number of benzene rings is 1. The van der Waals surface area contributed by atoms with E-state index >= 15 is 0 Å². The number of rotatable bonds is 7. The van der Waals surface area contributed by atoms with Crippen LogP contribution in [0.2, 0.25) is 5.02 Å². The van der Waals surface area contributed by atoms with Crippen molar-refractivity contribution in [2.45, 2.75) is 32.2 Å². The molecule has 0 saturated carbocycles. The summed E-state index contributed by atoms with van der Waals surface area (Å²) in [5.74, 6) is 0. The summed E-state index contributed by atoms with van der Waals surface area (Å²) in [7, 11) is 0. The van der Waals surface area contributed by atoms with E-state index in [4.69, 9.17) is 11.6 Å². The summed E-state index contributed by atoms with van der Waals surface area (Å²) in [4.78, 5) is 4.96. The first-order valence-electron chi connectivity index (χ1n) is 8.04. The first-order valence-corrected chi connectivity index (χ1v) is 8.42. The Kier molecular flexibility index (Phi) is 6.97. The summed E-state index contributed by atoms with van der Waals surface area (Å²) in [6.07, 6.45) is 3.34. The van der Waals surface area contributed by atoms with Gasteiger partial charge < -0.3 is 10.0 Å². The molecule has 4 heteroatoms. The molecule has 1 aliphatic heterocycles. The molecule has 1 atom stereocenters. The maximum Gasteiger partial charge on any atom is 0.0586 e. The number of aliphatic hydroxyl groups is 1. The van der Waals surface area contributed by atoms with E-state index in [2.05, 4.69) is 28.9 Å². The van der Waals surface area contributed by atoms with Crippen molar-refractivity contribution in [3.63, 3.8) is 0 Å². The molecular formula is C17H27ClN2O. The lowest BCUT2D eigenvalue weighted by Gasteiger charge is -2.38. The smallest absolute Gasteiger partial charge is 0.0586 e. The maximum absolute atomic E-state index is 9.37. The molecule has 0 radical (unpaired) electrons. The normalized spacial score (nSPS) is 18.8. The molecule has 0 aliphatic carbocycles. The molecule has 1 unspecified atom stereocenters. The van der Waals surface area contributed by atoms with E-state index in [1.807, 2.05) is 12.1 Å². The van der Waals surface area contributed by atoms with E-state index < -0.39 is 0 Å². The van der Waals surface area contributed by atoms with Gasteiger partial charge in [0.15, 0.2) is 0 Å². The molecule has 1 fully saturated rings. The lowest BCUT2D eigenvalue weighted by molar-refractivity contribution is 0.0633. The third kappa shape index (κ3) is 5.26. The number of aryl methyl sites for hydroxylation is 1. The number of nitrogens with zero attached hydrogens (tertiary/aromatic N) is 2. The topological polar surface area (TPSA) is 26.7 Å². The van der Waals surface area contributed by atoms with Gasteiger partial charge in [0.1, 0.15) is 0 Å². The summed E-state index contributed by atoms with van der Waals surface area (Å²) >= 11 is 5.90. The zero-order valence-electron chi connectivity index (χ0n) is 13.0. The lowest BCUT2D eigenvalue weighted by atomic mass is 10.1. The predicted molar refractivity (Wildman–Crippen MR) is 89.0 cm³/mol. The largest absolute Gasteiger partial charge is 0.395 e. The number of aliphatic hydroxyl groups excluding tert-OH is 1. The van der Waals surface area contributed by atoms with Crippen LogP contribution in [-0.4, -0.2) is 60.3 Å². The fraction of sp³-hybridized carbons (Fsp3) is 0.647. The number of halogens is 1. The first kappa shape index (κ1) is 16.8. The van der Waals surface area contributed by atoms with Crippen molar-refractivity contribution in [1.29, 1.82) is 0 Å². The van der Waals surface area contributed by atoms with E-state index in [0.29, 0.717) is 6.04 Å². The van der Waals surface area contributed by atoms with Crippen molar-refractivity contribution < 1.29 is 5.11 Å². The summed E-state index contributed by atoms with van der Waals surface area (Å²) < 4.78 is 0. The molecule has 1 saturated heterocycles. The van der Waals surface area contributed by atoms with Crippen molar-refractivity contribution in [1.82, 2.24) is 9.80 Å². The highest BCUT2D eigenvalue weighted by Crippen LogP contribution is 2.12. The lowest BCUT2D eigenvalue weighted by Crippen LogP contribution is -2.51. The van der Waals surface area contributed by atoms with Crippen LogP contribution in [0.15, 0.2) is 24.3 Å². The fourth-order valence-corrected chi connectivity index (χ4v) is 3.14. The third-order valence-corrected chi connectivity index (χ3v) is 4.71. The standard InChI is InChI=1S/C17H27ClN2O/c1-2-17(14-21)20-12-10-19(11-13-20)9-3-4-15-5-7-16(18)8-6-15/h5-8,17,21H,2-4,9-14H2,1H3. The summed E-state index contributed by atoms with van der Waals surface area (Å²) in [5.41, 5.74) is 1.37. The zero-order chi connectivity index (χ0) is 15.1. The molecule has 1 aliphatic rings. The summed E-state index contributed by atoms with van der Waals surface area (Å²) in [6.45, 7) is 8.01. The Hall–Kier alpha value is -0.610. The molecule has 0 aromatic heterocycles. The first-order chi connectivity index (χ1) is 10.2. The second-order valence-corrected chi connectivity index (χ2v) is 6.29. The van der Waals surface area contributed by atoms with Crippen LogP contribution in [-0.2, 0) is 6.42 Å². The number of hydrogen-bond acceptors (Lipinski definition) is 3. The van der Waals surface area contributed by atoms with Crippen LogP contribution >= 0.6 is 11.6 Å². The Bertz CT molecular complexity index is 398. The minimum absolute atomic E-state index is 0.285. The average molecular weight is 311 g/mol. The highest BCUT2D eigenvalue weighted by molar-refractivity contribution is 6.30. The summed E-state index contributed by atoms with van der Waals surface area (Å²) in [6, 6.07) is 8.52. The predicted octanol–water partition coefficient (Wildman–Crippen LogP) is 2.66. The van der Waals surface area contributed by atoms with Crippen LogP contribution < -0.4 is 0 Å². The van der Waals surface area contributed by atoms with Crippen LogP contribution in [0.25, 0.3) is 0 Å². The van der Waals surface area contributed by atoms with Crippen LogP contribution in [0.5, 0.6) is 0 Å². The van der Waals surface area contributed by atoms with E-state index in [1.165, 1.54) is 12.0 Å². The quantitative estimate of drug-likeness (QED) is 0.839. The van der Waals surface area contributed by atoms with E-state index in [0.717, 1.165) is 50.6 Å². The molecular weight excluding hydrogens is 284 g/mol. The SMILES string of the molecule is CCC(CO)N1CCN(CCCc2ccc(Cl)cc2)CC1. The molecule has 0 spiro atoms. The van der Waals surface area contributed by atoms with Crippen LogP contribution in [0, 0.1) is 0 Å². The van der Waals surface area contributed by atoms with Gasteiger partial charge in [-0.1, -0.05) is 30.7 Å². The van der Waals surface area contributed by atoms with Crippen molar-refractivity contribution in [3.05, 3.63) is 34.9 Å². The van der Waals surface area contributed by atoms with Gasteiger partial charge in [-0.25, -0.2) is 0 Å². The van der Waals surface area contributed by atoms with Crippen molar-refractivity contribution in [2.24, 2.45) is 0 Å². The molecule has 1 aromatic rings. The Morgan fingerprint density at radius 3 is 2.38 bits per heavy atom. The zero-order valence-corrected chi connectivity index (χ0v) is 13.7. The molecule has 1 heterocycles. The second kappa shape index (κ2) is 8.74. The van der Waals surface area contributed by atoms with Gasteiger partial charge in [-0.3, -0.25) is 4.90 Å². The summed E-state index contributed by atoms with van der Waals surface area (Å²) in [5, 5.41) is 10.2. The molecule has 1 N–H and O–H groups in total. The third-order valence-electron chi connectivity index (χ3n) is 4.46. The van der Waals surface area contributed by atoms with Crippen LogP contribution in [0.4, 0.5) is 0 Å². The maximum atomic E-state index is 9.37. The van der Waals surface area contributed by atoms with Crippen molar-refractivity contribution in [3.8, 4) is 0 Å². The van der Waals surface area contributed by atoms with Crippen LogP contribution in [0.3, 0.4) is 0 Å². The Morgan fingerprint density at radius 2 is 1.81 bits per heavy atom. The van der Waals surface area contributed by atoms with Gasteiger partial charge in [-0.2, -0.15) is 0 Å².